The molecule has 4 rings (SSSR count). The fourth-order valence-corrected chi connectivity index (χ4v) is 4.49. The van der Waals surface area contributed by atoms with E-state index < -0.39 is 6.04 Å². The first-order valence-corrected chi connectivity index (χ1v) is 10.6. The van der Waals surface area contributed by atoms with Gasteiger partial charge in [0.15, 0.2) is 5.13 Å². The number of rotatable bonds is 5. The Kier molecular flexibility index (Phi) is 5.06. The molecular weight excluding hydrogens is 392 g/mol. The summed E-state index contributed by atoms with van der Waals surface area (Å²) in [6.07, 6.45) is 2.30. The standard InChI is InChI=1S/C20H18N4O2S2/c1-3-14-9-15-18(28-14)21-11-24(19(15)26)12(2)17(25)23-20-22-16(10-27-20)13-7-5-4-6-8-13/h4-12H,3H2,1-2H3,(H,22,23,25). The van der Waals surface area contributed by atoms with E-state index in [1.807, 2.05) is 48.7 Å². The maximum atomic E-state index is 12.8. The second kappa shape index (κ2) is 7.65. The molecule has 0 aliphatic carbocycles. The second-order valence-corrected chi connectivity index (χ2v) is 8.28. The maximum Gasteiger partial charge on any atom is 0.262 e. The first kappa shape index (κ1) is 18.5. The van der Waals surface area contributed by atoms with Crippen LogP contribution in [0.4, 0.5) is 5.13 Å². The van der Waals surface area contributed by atoms with Gasteiger partial charge in [0.1, 0.15) is 10.9 Å². The molecule has 0 aliphatic rings. The lowest BCUT2D eigenvalue weighted by Crippen LogP contribution is -2.31. The van der Waals surface area contributed by atoms with Crippen LogP contribution in [0.15, 0.2) is 52.9 Å². The largest absolute Gasteiger partial charge is 0.300 e. The normalized spacial score (nSPS) is 12.2. The Morgan fingerprint density at radius 1 is 1.29 bits per heavy atom. The van der Waals surface area contributed by atoms with Gasteiger partial charge in [-0.2, -0.15) is 0 Å². The molecule has 0 aliphatic heterocycles. The van der Waals surface area contributed by atoms with Crippen LogP contribution < -0.4 is 10.9 Å². The van der Waals surface area contributed by atoms with E-state index in [9.17, 15) is 9.59 Å². The zero-order valence-electron chi connectivity index (χ0n) is 15.4. The van der Waals surface area contributed by atoms with Crippen LogP contribution in [-0.2, 0) is 11.2 Å². The lowest BCUT2D eigenvalue weighted by Gasteiger charge is -2.13. The van der Waals surface area contributed by atoms with Crippen molar-refractivity contribution >= 4 is 43.9 Å². The van der Waals surface area contributed by atoms with Crippen LogP contribution in [0, 0.1) is 0 Å². The smallest absolute Gasteiger partial charge is 0.262 e. The lowest BCUT2D eigenvalue weighted by atomic mass is 10.2. The first-order chi connectivity index (χ1) is 13.6. The highest BCUT2D eigenvalue weighted by Crippen LogP contribution is 2.25. The Morgan fingerprint density at radius 2 is 2.07 bits per heavy atom. The van der Waals surface area contributed by atoms with E-state index in [-0.39, 0.29) is 11.5 Å². The number of nitrogens with zero attached hydrogens (tertiary/aromatic N) is 3. The van der Waals surface area contributed by atoms with Crippen molar-refractivity contribution in [2.45, 2.75) is 26.3 Å². The Bertz CT molecular complexity index is 1190. The van der Waals surface area contributed by atoms with Gasteiger partial charge in [0, 0.05) is 15.8 Å². The van der Waals surface area contributed by atoms with E-state index in [2.05, 4.69) is 15.3 Å². The van der Waals surface area contributed by atoms with Gasteiger partial charge >= 0.3 is 0 Å². The molecule has 1 N–H and O–H groups in total. The number of anilines is 1. The van der Waals surface area contributed by atoms with Gasteiger partial charge in [-0.1, -0.05) is 37.3 Å². The molecule has 0 saturated carbocycles. The van der Waals surface area contributed by atoms with Crippen molar-refractivity contribution < 1.29 is 4.79 Å². The summed E-state index contributed by atoms with van der Waals surface area (Å²) in [4.78, 5) is 36.1. The molecule has 6 nitrogen and oxygen atoms in total. The van der Waals surface area contributed by atoms with Crippen molar-refractivity contribution in [3.63, 3.8) is 0 Å². The van der Waals surface area contributed by atoms with Gasteiger partial charge in [0.2, 0.25) is 5.91 Å². The summed E-state index contributed by atoms with van der Waals surface area (Å²) in [5, 5.41) is 5.76. The third-order valence-corrected chi connectivity index (χ3v) is 6.42. The molecule has 1 atom stereocenters. The van der Waals surface area contributed by atoms with Crippen molar-refractivity contribution in [2.24, 2.45) is 0 Å². The van der Waals surface area contributed by atoms with E-state index in [1.54, 1.807) is 6.92 Å². The number of carbonyl (C=O) groups excluding carboxylic acids is 1. The third-order valence-electron chi connectivity index (χ3n) is 4.48. The van der Waals surface area contributed by atoms with E-state index in [0.717, 1.165) is 22.6 Å². The minimum absolute atomic E-state index is 0.201. The van der Waals surface area contributed by atoms with Crippen molar-refractivity contribution in [1.29, 1.82) is 0 Å². The van der Waals surface area contributed by atoms with E-state index in [1.165, 1.54) is 33.6 Å². The molecule has 0 bridgehead atoms. The predicted octanol–water partition coefficient (Wildman–Crippen LogP) is 4.34. The average molecular weight is 411 g/mol. The monoisotopic (exact) mass is 410 g/mol. The van der Waals surface area contributed by atoms with Crippen LogP contribution in [-0.4, -0.2) is 20.4 Å². The van der Waals surface area contributed by atoms with Gasteiger partial charge in [-0.05, 0) is 19.4 Å². The summed E-state index contributed by atoms with van der Waals surface area (Å²) in [6.45, 7) is 3.72. The summed E-state index contributed by atoms with van der Waals surface area (Å²) in [5.41, 5.74) is 1.59. The van der Waals surface area contributed by atoms with E-state index in [4.69, 9.17) is 0 Å². The minimum atomic E-state index is -0.696. The molecule has 1 aromatic carbocycles. The number of nitrogens with one attached hydrogen (secondary N) is 1. The lowest BCUT2D eigenvalue weighted by molar-refractivity contribution is -0.118. The molecule has 0 spiro atoms. The highest BCUT2D eigenvalue weighted by Gasteiger charge is 2.20. The number of fused-ring (bicyclic) bond motifs is 1. The molecule has 1 unspecified atom stereocenters. The number of hydrogen-bond acceptors (Lipinski definition) is 6. The van der Waals surface area contributed by atoms with E-state index >= 15 is 0 Å². The van der Waals surface area contributed by atoms with Gasteiger partial charge in [0.25, 0.3) is 5.56 Å². The summed E-state index contributed by atoms with van der Waals surface area (Å²) in [7, 11) is 0. The van der Waals surface area contributed by atoms with Crippen LogP contribution in [0.5, 0.6) is 0 Å². The third kappa shape index (κ3) is 3.48. The van der Waals surface area contributed by atoms with Crippen LogP contribution in [0.1, 0.15) is 24.8 Å². The van der Waals surface area contributed by atoms with Gasteiger partial charge in [-0.15, -0.1) is 22.7 Å². The van der Waals surface area contributed by atoms with E-state index in [0.29, 0.717) is 15.3 Å². The molecule has 28 heavy (non-hydrogen) atoms. The molecular formula is C20H18N4O2S2. The zero-order chi connectivity index (χ0) is 19.7. The minimum Gasteiger partial charge on any atom is -0.300 e. The summed E-state index contributed by atoms with van der Waals surface area (Å²) >= 11 is 2.86. The number of thiazole rings is 1. The highest BCUT2D eigenvalue weighted by atomic mass is 32.1. The Hall–Kier alpha value is -2.84. The van der Waals surface area contributed by atoms with Crippen LogP contribution in [0.2, 0.25) is 0 Å². The second-order valence-electron chi connectivity index (χ2n) is 6.31. The SMILES string of the molecule is CCc1cc2c(=O)n(C(C)C(=O)Nc3nc(-c4ccccc4)cs3)cnc2s1. The molecule has 4 aromatic rings. The summed E-state index contributed by atoms with van der Waals surface area (Å²) in [5.74, 6) is -0.303. The molecule has 3 heterocycles. The molecule has 1 amide bonds. The predicted molar refractivity (Wildman–Crippen MR) is 114 cm³/mol. The molecule has 8 heteroatoms. The van der Waals surface area contributed by atoms with Crippen molar-refractivity contribution in [3.8, 4) is 11.3 Å². The highest BCUT2D eigenvalue weighted by molar-refractivity contribution is 7.18. The molecule has 142 valence electrons. The average Bonchev–Trinajstić information content (AvgIpc) is 3.35. The van der Waals surface area contributed by atoms with Crippen molar-refractivity contribution in [2.75, 3.05) is 5.32 Å². The van der Waals surface area contributed by atoms with Crippen molar-refractivity contribution in [3.05, 3.63) is 63.3 Å². The Labute approximate surface area is 169 Å². The van der Waals surface area contributed by atoms with Crippen molar-refractivity contribution in [1.82, 2.24) is 14.5 Å². The summed E-state index contributed by atoms with van der Waals surface area (Å²) in [6, 6.07) is 10.9. The number of hydrogen-bond donors (Lipinski definition) is 1. The quantitative estimate of drug-likeness (QED) is 0.531. The van der Waals surface area contributed by atoms with Crippen LogP contribution >= 0.6 is 22.7 Å². The topological polar surface area (TPSA) is 76.9 Å². The summed E-state index contributed by atoms with van der Waals surface area (Å²) < 4.78 is 1.37. The number of carbonyl (C=O) groups is 1. The first-order valence-electron chi connectivity index (χ1n) is 8.88. The molecule has 0 saturated heterocycles. The fourth-order valence-electron chi connectivity index (χ4n) is 2.85. The maximum absolute atomic E-state index is 12.8. The number of aromatic nitrogens is 3. The van der Waals surface area contributed by atoms with Crippen LogP contribution in [0.25, 0.3) is 21.5 Å². The number of amides is 1. The number of aryl methyl sites for hydroxylation is 1. The Balaban J connectivity index is 1.56. The van der Waals surface area contributed by atoms with Gasteiger partial charge in [-0.3, -0.25) is 14.2 Å². The zero-order valence-corrected chi connectivity index (χ0v) is 17.0. The van der Waals surface area contributed by atoms with Gasteiger partial charge in [-0.25, -0.2) is 9.97 Å². The molecule has 3 aromatic heterocycles. The fraction of sp³-hybridized carbons (Fsp3) is 0.200. The number of thiophene rings is 1. The Morgan fingerprint density at radius 3 is 2.82 bits per heavy atom. The van der Waals surface area contributed by atoms with Gasteiger partial charge < -0.3 is 5.32 Å². The van der Waals surface area contributed by atoms with Gasteiger partial charge in [0.05, 0.1) is 17.4 Å². The molecule has 0 fully saturated rings. The molecule has 0 radical (unpaired) electrons. The van der Waals surface area contributed by atoms with Crippen LogP contribution in [0.3, 0.4) is 0 Å². The number of benzene rings is 1.